The van der Waals surface area contributed by atoms with Gasteiger partial charge in [0.25, 0.3) is 0 Å². The second kappa shape index (κ2) is 7.49. The van der Waals surface area contributed by atoms with Gasteiger partial charge in [0.05, 0.1) is 17.4 Å². The minimum atomic E-state index is -0.477. The van der Waals surface area contributed by atoms with E-state index in [4.69, 9.17) is 9.26 Å². The highest BCUT2D eigenvalue weighted by molar-refractivity contribution is 8.00. The topological polar surface area (TPSA) is 81.4 Å². The van der Waals surface area contributed by atoms with Gasteiger partial charge in [0.1, 0.15) is 5.60 Å². The summed E-state index contributed by atoms with van der Waals surface area (Å²) < 4.78 is 10.1. The molecule has 1 aromatic rings. The lowest BCUT2D eigenvalue weighted by Crippen LogP contribution is -2.25. The number of amides is 1. The zero-order chi connectivity index (χ0) is 16.0. The molecule has 1 N–H and O–H groups in total. The van der Waals surface area contributed by atoms with Crippen molar-refractivity contribution < 1.29 is 18.8 Å². The first-order chi connectivity index (χ1) is 9.67. The first kappa shape index (κ1) is 17.6. The van der Waals surface area contributed by atoms with Crippen LogP contribution in [0.25, 0.3) is 0 Å². The fourth-order valence-electron chi connectivity index (χ4n) is 1.43. The fraction of sp³-hybridized carbons (Fsp3) is 0.643. The molecule has 0 aliphatic rings. The molecule has 6 nitrogen and oxygen atoms in total. The third kappa shape index (κ3) is 7.17. The SMILES string of the molecule is Cc1cc(NC(=O)[C@@H](C)SCCC(=O)OC(C)(C)C)on1. The smallest absolute Gasteiger partial charge is 0.307 e. The lowest BCUT2D eigenvalue weighted by Gasteiger charge is -2.19. The van der Waals surface area contributed by atoms with Gasteiger partial charge in [0, 0.05) is 11.8 Å². The quantitative estimate of drug-likeness (QED) is 0.813. The average Bonchev–Trinajstić information content (AvgIpc) is 2.72. The molecule has 1 rings (SSSR count). The Hall–Kier alpha value is -1.50. The number of ether oxygens (including phenoxy) is 1. The van der Waals surface area contributed by atoms with Crippen molar-refractivity contribution >= 4 is 29.5 Å². The molecule has 0 saturated heterocycles. The van der Waals surface area contributed by atoms with Crippen LogP contribution in [0.2, 0.25) is 0 Å². The minimum absolute atomic E-state index is 0.180. The number of aryl methyl sites for hydroxylation is 1. The number of hydrogen-bond donors (Lipinski definition) is 1. The monoisotopic (exact) mass is 314 g/mol. The predicted molar refractivity (Wildman–Crippen MR) is 82.3 cm³/mol. The Morgan fingerprint density at radius 3 is 2.67 bits per heavy atom. The molecule has 0 aliphatic carbocycles. The van der Waals surface area contributed by atoms with Gasteiger partial charge in [0.15, 0.2) is 0 Å². The number of aromatic nitrogens is 1. The number of nitrogens with zero attached hydrogens (tertiary/aromatic N) is 1. The Balaban J connectivity index is 2.28. The first-order valence-corrected chi connectivity index (χ1v) is 7.80. The van der Waals surface area contributed by atoms with Crippen molar-refractivity contribution in [2.45, 2.75) is 51.9 Å². The third-order valence-electron chi connectivity index (χ3n) is 2.34. The molecule has 0 fully saturated rings. The second-order valence-electron chi connectivity index (χ2n) is 5.67. The van der Waals surface area contributed by atoms with Crippen molar-refractivity contribution in [3.63, 3.8) is 0 Å². The zero-order valence-electron chi connectivity index (χ0n) is 13.1. The van der Waals surface area contributed by atoms with Crippen LogP contribution in [0.4, 0.5) is 5.88 Å². The molecular weight excluding hydrogens is 292 g/mol. The van der Waals surface area contributed by atoms with E-state index < -0.39 is 5.60 Å². The number of carbonyl (C=O) groups excluding carboxylic acids is 2. The Kier molecular flexibility index (Phi) is 6.26. The Morgan fingerprint density at radius 2 is 2.14 bits per heavy atom. The van der Waals surface area contributed by atoms with Gasteiger partial charge in [-0.3, -0.25) is 14.9 Å². The van der Waals surface area contributed by atoms with Crippen LogP contribution in [-0.4, -0.2) is 33.6 Å². The van der Waals surface area contributed by atoms with Crippen LogP contribution in [-0.2, 0) is 14.3 Å². The van der Waals surface area contributed by atoms with Crippen molar-refractivity contribution in [2.24, 2.45) is 0 Å². The first-order valence-electron chi connectivity index (χ1n) is 6.75. The standard InChI is InChI=1S/C14H22N2O4S/c1-9-8-11(20-16-9)15-13(18)10(2)21-7-6-12(17)19-14(3,4)5/h8,10H,6-7H2,1-5H3,(H,15,18)/t10-/m1/s1. The molecule has 0 saturated carbocycles. The number of esters is 1. The molecule has 1 aromatic heterocycles. The summed E-state index contributed by atoms with van der Waals surface area (Å²) in [4.78, 5) is 23.4. The number of anilines is 1. The van der Waals surface area contributed by atoms with Crippen LogP contribution in [0.1, 0.15) is 39.8 Å². The zero-order valence-corrected chi connectivity index (χ0v) is 13.9. The lowest BCUT2D eigenvalue weighted by atomic mass is 10.2. The van der Waals surface area contributed by atoms with Crippen molar-refractivity contribution in [3.05, 3.63) is 11.8 Å². The minimum Gasteiger partial charge on any atom is -0.460 e. The molecule has 1 amide bonds. The van der Waals surface area contributed by atoms with Crippen molar-refractivity contribution in [3.8, 4) is 0 Å². The van der Waals surface area contributed by atoms with Gasteiger partial charge in [-0.2, -0.15) is 0 Å². The number of nitrogens with one attached hydrogen (secondary N) is 1. The van der Waals surface area contributed by atoms with E-state index in [1.807, 2.05) is 20.8 Å². The van der Waals surface area contributed by atoms with E-state index >= 15 is 0 Å². The molecule has 118 valence electrons. The number of hydrogen-bond acceptors (Lipinski definition) is 6. The fourth-order valence-corrected chi connectivity index (χ4v) is 2.28. The number of carbonyl (C=O) groups is 2. The van der Waals surface area contributed by atoms with Gasteiger partial charge in [-0.1, -0.05) is 5.16 Å². The molecule has 0 aliphatic heterocycles. The van der Waals surface area contributed by atoms with E-state index in [0.29, 0.717) is 17.3 Å². The average molecular weight is 314 g/mol. The van der Waals surface area contributed by atoms with Crippen LogP contribution in [0.3, 0.4) is 0 Å². The third-order valence-corrected chi connectivity index (χ3v) is 3.49. The van der Waals surface area contributed by atoms with Crippen LogP contribution < -0.4 is 5.32 Å². The van der Waals surface area contributed by atoms with E-state index in [-0.39, 0.29) is 23.5 Å². The summed E-state index contributed by atoms with van der Waals surface area (Å²) in [6, 6.07) is 1.65. The molecule has 0 unspecified atom stereocenters. The predicted octanol–water partition coefficient (Wildman–Crippen LogP) is 2.78. The summed E-state index contributed by atoms with van der Waals surface area (Å²) in [6.45, 7) is 9.03. The van der Waals surface area contributed by atoms with Crippen LogP contribution in [0.15, 0.2) is 10.6 Å². The molecule has 21 heavy (non-hydrogen) atoms. The summed E-state index contributed by atoms with van der Waals surface area (Å²) in [5.74, 6) is 0.421. The Morgan fingerprint density at radius 1 is 1.48 bits per heavy atom. The van der Waals surface area contributed by atoms with E-state index in [0.717, 1.165) is 0 Å². The molecule has 0 spiro atoms. The Bertz CT molecular complexity index is 493. The van der Waals surface area contributed by atoms with Crippen molar-refractivity contribution in [2.75, 3.05) is 11.1 Å². The summed E-state index contributed by atoms with van der Waals surface area (Å²) >= 11 is 1.39. The van der Waals surface area contributed by atoms with E-state index in [2.05, 4.69) is 10.5 Å². The van der Waals surface area contributed by atoms with Crippen molar-refractivity contribution in [1.82, 2.24) is 5.16 Å². The van der Waals surface area contributed by atoms with E-state index in [1.165, 1.54) is 11.8 Å². The lowest BCUT2D eigenvalue weighted by molar-refractivity contribution is -0.154. The van der Waals surface area contributed by atoms with Crippen molar-refractivity contribution in [1.29, 1.82) is 0 Å². The molecular formula is C14H22N2O4S. The molecule has 0 aromatic carbocycles. The summed E-state index contributed by atoms with van der Waals surface area (Å²) in [5.41, 5.74) is 0.227. The molecule has 0 bridgehead atoms. The summed E-state index contributed by atoms with van der Waals surface area (Å²) in [7, 11) is 0. The molecule has 1 atom stereocenters. The summed E-state index contributed by atoms with van der Waals surface area (Å²) in [5, 5.41) is 6.03. The highest BCUT2D eigenvalue weighted by Crippen LogP contribution is 2.17. The van der Waals surface area contributed by atoms with Gasteiger partial charge < -0.3 is 9.26 Å². The molecule has 7 heteroatoms. The van der Waals surface area contributed by atoms with Crippen LogP contribution >= 0.6 is 11.8 Å². The maximum Gasteiger partial charge on any atom is 0.307 e. The van der Waals surface area contributed by atoms with Gasteiger partial charge in [-0.05, 0) is 34.6 Å². The van der Waals surface area contributed by atoms with Crippen LogP contribution in [0, 0.1) is 6.92 Å². The molecule has 0 radical (unpaired) electrons. The largest absolute Gasteiger partial charge is 0.460 e. The van der Waals surface area contributed by atoms with Gasteiger partial charge in [-0.25, -0.2) is 0 Å². The second-order valence-corrected chi connectivity index (χ2v) is 7.12. The highest BCUT2D eigenvalue weighted by Gasteiger charge is 2.18. The maximum atomic E-state index is 11.9. The van der Waals surface area contributed by atoms with Gasteiger partial charge >= 0.3 is 5.97 Å². The Labute approximate surface area is 129 Å². The maximum absolute atomic E-state index is 11.9. The van der Waals surface area contributed by atoms with Gasteiger partial charge in [-0.15, -0.1) is 11.8 Å². The normalized spacial score (nSPS) is 12.8. The highest BCUT2D eigenvalue weighted by atomic mass is 32.2. The number of thioether (sulfide) groups is 1. The summed E-state index contributed by atoms with van der Waals surface area (Å²) in [6.07, 6.45) is 0.279. The van der Waals surface area contributed by atoms with Gasteiger partial charge in [0.2, 0.25) is 11.8 Å². The van der Waals surface area contributed by atoms with E-state index in [1.54, 1.807) is 19.9 Å². The van der Waals surface area contributed by atoms with E-state index in [9.17, 15) is 9.59 Å². The number of rotatable bonds is 6. The molecule has 1 heterocycles. The van der Waals surface area contributed by atoms with Crippen LogP contribution in [0.5, 0.6) is 0 Å².